The number of carbonyl (C=O) groups excluding carboxylic acids is 2. The fraction of sp³-hybridized carbons (Fsp3) is 0.250. The van der Waals surface area contributed by atoms with Crippen molar-refractivity contribution in [3.05, 3.63) is 52.5 Å². The van der Waals surface area contributed by atoms with Gasteiger partial charge in [-0.25, -0.2) is 5.43 Å². The standard InChI is InChI=1S/C20H22ClN3O5/c1-4-28-17-9-13(8-16(21)19(17)29-12-18(26)24(2)3)11-22-23-20(27)14-6-5-7-15(25)10-14/h5-11,25H,4,12H2,1-3H3,(H,23,27)/b22-11-. The Morgan fingerprint density at radius 1 is 1.24 bits per heavy atom. The Morgan fingerprint density at radius 2 is 2.00 bits per heavy atom. The Balaban J connectivity index is 2.13. The summed E-state index contributed by atoms with van der Waals surface area (Å²) in [6.45, 7) is 1.99. The van der Waals surface area contributed by atoms with Crippen LogP contribution in [-0.4, -0.2) is 55.3 Å². The maximum absolute atomic E-state index is 12.0. The van der Waals surface area contributed by atoms with Crippen LogP contribution in [0.4, 0.5) is 0 Å². The zero-order valence-corrected chi connectivity index (χ0v) is 17.1. The van der Waals surface area contributed by atoms with Gasteiger partial charge in [-0.05, 0) is 42.8 Å². The van der Waals surface area contributed by atoms with E-state index in [-0.39, 0.29) is 34.6 Å². The number of carbonyl (C=O) groups is 2. The van der Waals surface area contributed by atoms with Gasteiger partial charge in [0, 0.05) is 19.7 Å². The Labute approximate surface area is 173 Å². The van der Waals surface area contributed by atoms with E-state index in [2.05, 4.69) is 10.5 Å². The minimum absolute atomic E-state index is 0.0156. The number of phenols is 1. The van der Waals surface area contributed by atoms with Gasteiger partial charge < -0.3 is 19.5 Å². The van der Waals surface area contributed by atoms with Crippen molar-refractivity contribution in [2.45, 2.75) is 6.92 Å². The quantitative estimate of drug-likeness (QED) is 0.506. The monoisotopic (exact) mass is 419 g/mol. The van der Waals surface area contributed by atoms with Crippen LogP contribution in [-0.2, 0) is 4.79 Å². The van der Waals surface area contributed by atoms with Crippen molar-refractivity contribution >= 4 is 29.6 Å². The summed E-state index contributed by atoms with van der Waals surface area (Å²) in [6, 6.07) is 9.11. The zero-order valence-electron chi connectivity index (χ0n) is 16.3. The average molecular weight is 420 g/mol. The largest absolute Gasteiger partial charge is 0.508 e. The molecule has 2 amide bonds. The van der Waals surface area contributed by atoms with Crippen molar-refractivity contribution in [1.29, 1.82) is 0 Å². The van der Waals surface area contributed by atoms with Gasteiger partial charge in [0.2, 0.25) is 0 Å². The lowest BCUT2D eigenvalue weighted by atomic mass is 10.2. The number of phenolic OH excluding ortho intramolecular Hbond substituents is 1. The van der Waals surface area contributed by atoms with Gasteiger partial charge >= 0.3 is 0 Å². The van der Waals surface area contributed by atoms with Crippen LogP contribution in [0.1, 0.15) is 22.8 Å². The summed E-state index contributed by atoms with van der Waals surface area (Å²) in [7, 11) is 3.25. The fourth-order valence-electron chi connectivity index (χ4n) is 2.21. The number of halogens is 1. The molecule has 9 heteroatoms. The number of ether oxygens (including phenoxy) is 2. The lowest BCUT2D eigenvalue weighted by Crippen LogP contribution is -2.27. The predicted molar refractivity (Wildman–Crippen MR) is 110 cm³/mol. The van der Waals surface area contributed by atoms with E-state index in [1.807, 2.05) is 0 Å². The van der Waals surface area contributed by atoms with Crippen molar-refractivity contribution in [2.75, 3.05) is 27.3 Å². The summed E-state index contributed by atoms with van der Waals surface area (Å²) in [5.74, 6) is -0.102. The van der Waals surface area contributed by atoms with Crippen LogP contribution >= 0.6 is 11.6 Å². The van der Waals surface area contributed by atoms with Crippen LogP contribution in [0.15, 0.2) is 41.5 Å². The van der Waals surface area contributed by atoms with Gasteiger partial charge in [0.1, 0.15) is 5.75 Å². The number of hydrazone groups is 1. The first-order valence-corrected chi connectivity index (χ1v) is 9.11. The van der Waals surface area contributed by atoms with E-state index in [4.69, 9.17) is 21.1 Å². The second kappa shape index (κ2) is 10.3. The topological polar surface area (TPSA) is 100 Å². The molecule has 2 rings (SSSR count). The molecule has 29 heavy (non-hydrogen) atoms. The Hall–Kier alpha value is -3.26. The molecule has 2 N–H and O–H groups in total. The molecule has 0 radical (unpaired) electrons. The van der Waals surface area contributed by atoms with Gasteiger partial charge in [0.25, 0.3) is 11.8 Å². The summed E-state index contributed by atoms with van der Waals surface area (Å²) in [4.78, 5) is 25.2. The Kier molecular flexibility index (Phi) is 7.85. The highest BCUT2D eigenvalue weighted by Crippen LogP contribution is 2.36. The molecule has 8 nitrogen and oxygen atoms in total. The number of hydrogen-bond acceptors (Lipinski definition) is 6. The van der Waals surface area contributed by atoms with Gasteiger partial charge in [0.15, 0.2) is 18.1 Å². The lowest BCUT2D eigenvalue weighted by molar-refractivity contribution is -0.130. The molecule has 0 spiro atoms. The van der Waals surface area contributed by atoms with E-state index >= 15 is 0 Å². The summed E-state index contributed by atoms with van der Waals surface area (Å²) < 4.78 is 11.1. The molecule has 2 aromatic carbocycles. The Bertz CT molecular complexity index is 915. The third-order valence-corrected chi connectivity index (χ3v) is 3.94. The number of likely N-dealkylation sites (N-methyl/N-ethyl adjacent to an activating group) is 1. The third kappa shape index (κ3) is 6.39. The molecule has 0 unspecified atom stereocenters. The molecule has 0 aliphatic rings. The molecule has 0 aliphatic carbocycles. The van der Waals surface area contributed by atoms with E-state index < -0.39 is 5.91 Å². The predicted octanol–water partition coefficient (Wildman–Crippen LogP) is 2.68. The van der Waals surface area contributed by atoms with Crippen molar-refractivity contribution in [2.24, 2.45) is 5.10 Å². The smallest absolute Gasteiger partial charge is 0.271 e. The number of nitrogens with zero attached hydrogens (tertiary/aromatic N) is 2. The highest BCUT2D eigenvalue weighted by Gasteiger charge is 2.15. The molecule has 0 bridgehead atoms. The van der Waals surface area contributed by atoms with Gasteiger partial charge in [-0.3, -0.25) is 9.59 Å². The second-order valence-electron chi connectivity index (χ2n) is 6.09. The van der Waals surface area contributed by atoms with Crippen molar-refractivity contribution in [1.82, 2.24) is 10.3 Å². The molecule has 0 heterocycles. The molecular weight excluding hydrogens is 398 g/mol. The molecule has 0 atom stereocenters. The SMILES string of the molecule is CCOc1cc(/C=N\NC(=O)c2cccc(O)c2)cc(Cl)c1OCC(=O)N(C)C. The van der Waals surface area contributed by atoms with Gasteiger partial charge in [-0.1, -0.05) is 17.7 Å². The van der Waals surface area contributed by atoms with E-state index in [9.17, 15) is 14.7 Å². The number of amides is 2. The highest BCUT2D eigenvalue weighted by molar-refractivity contribution is 6.32. The van der Waals surface area contributed by atoms with Crippen molar-refractivity contribution in [3.63, 3.8) is 0 Å². The zero-order chi connectivity index (χ0) is 21.4. The molecule has 154 valence electrons. The first-order valence-electron chi connectivity index (χ1n) is 8.73. The van der Waals surface area contributed by atoms with E-state index in [0.717, 1.165) is 0 Å². The average Bonchev–Trinajstić information content (AvgIpc) is 2.67. The summed E-state index contributed by atoms with van der Waals surface area (Å²) >= 11 is 6.28. The van der Waals surface area contributed by atoms with E-state index in [1.165, 1.54) is 23.2 Å². The lowest BCUT2D eigenvalue weighted by Gasteiger charge is -2.16. The maximum atomic E-state index is 12.0. The van der Waals surface area contributed by atoms with Crippen molar-refractivity contribution in [3.8, 4) is 17.2 Å². The number of hydrogen-bond donors (Lipinski definition) is 2. The molecular formula is C20H22ClN3O5. The van der Waals surface area contributed by atoms with E-state index in [0.29, 0.717) is 17.9 Å². The van der Waals surface area contributed by atoms with Gasteiger partial charge in [-0.2, -0.15) is 5.10 Å². The first kappa shape index (κ1) is 22.0. The third-order valence-electron chi connectivity index (χ3n) is 3.66. The van der Waals surface area contributed by atoms with Crippen LogP contribution in [0.25, 0.3) is 0 Å². The summed E-state index contributed by atoms with van der Waals surface area (Å²) in [5, 5.41) is 13.6. The number of aromatic hydroxyl groups is 1. The van der Waals surface area contributed by atoms with Crippen LogP contribution in [0.5, 0.6) is 17.2 Å². The van der Waals surface area contributed by atoms with Gasteiger partial charge in [-0.15, -0.1) is 0 Å². The van der Waals surface area contributed by atoms with Crippen molar-refractivity contribution < 1.29 is 24.2 Å². The second-order valence-corrected chi connectivity index (χ2v) is 6.50. The normalized spacial score (nSPS) is 10.6. The summed E-state index contributed by atoms with van der Waals surface area (Å²) in [6.07, 6.45) is 1.39. The summed E-state index contributed by atoms with van der Waals surface area (Å²) in [5.41, 5.74) is 3.19. The van der Waals surface area contributed by atoms with Gasteiger partial charge in [0.05, 0.1) is 17.8 Å². The fourth-order valence-corrected chi connectivity index (χ4v) is 2.48. The van der Waals surface area contributed by atoms with Crippen LogP contribution < -0.4 is 14.9 Å². The molecule has 0 fully saturated rings. The molecule has 0 saturated heterocycles. The Morgan fingerprint density at radius 3 is 2.66 bits per heavy atom. The maximum Gasteiger partial charge on any atom is 0.271 e. The highest BCUT2D eigenvalue weighted by atomic mass is 35.5. The molecule has 0 aromatic heterocycles. The van der Waals surface area contributed by atoms with Crippen LogP contribution in [0, 0.1) is 0 Å². The molecule has 0 saturated carbocycles. The first-order chi connectivity index (χ1) is 13.8. The number of nitrogens with one attached hydrogen (secondary N) is 1. The molecule has 0 aliphatic heterocycles. The van der Waals surface area contributed by atoms with Crippen LogP contribution in [0.2, 0.25) is 5.02 Å². The molecule has 2 aromatic rings. The number of rotatable bonds is 8. The van der Waals surface area contributed by atoms with Crippen LogP contribution in [0.3, 0.4) is 0 Å². The minimum atomic E-state index is -0.476. The van der Waals surface area contributed by atoms with E-state index in [1.54, 1.807) is 45.3 Å². The minimum Gasteiger partial charge on any atom is -0.508 e. The number of benzene rings is 2.